The fraction of sp³-hybridized carbons (Fsp3) is 0.421. The molecule has 1 aromatic heterocycles. The standard InChI is InChI=1S/C19H22FN3O4/c1-25-18-19(22-11-10-21-18)27-14-8-6-13(7-9-14)23-17(24)12-26-16-5-3-2-4-15(16)20/h2-5,10-11,13-14H,6-9,12H2,1H3,(H,23,24). The van der Waals surface area contributed by atoms with Crippen molar-refractivity contribution >= 4 is 5.91 Å². The van der Waals surface area contributed by atoms with Gasteiger partial charge in [-0.2, -0.15) is 0 Å². The SMILES string of the molecule is COc1nccnc1OC1CCC(NC(=O)COc2ccccc2F)CC1. The fourth-order valence-corrected chi connectivity index (χ4v) is 2.99. The highest BCUT2D eigenvalue weighted by Gasteiger charge is 2.25. The van der Waals surface area contributed by atoms with Crippen LogP contribution in [0.4, 0.5) is 4.39 Å². The van der Waals surface area contributed by atoms with Crippen molar-refractivity contribution in [1.82, 2.24) is 15.3 Å². The summed E-state index contributed by atoms with van der Waals surface area (Å²) in [6.45, 7) is -0.214. The number of halogens is 1. The molecule has 7 nitrogen and oxygen atoms in total. The van der Waals surface area contributed by atoms with Crippen LogP contribution in [-0.2, 0) is 4.79 Å². The lowest BCUT2D eigenvalue weighted by molar-refractivity contribution is -0.124. The highest BCUT2D eigenvalue weighted by molar-refractivity contribution is 5.77. The van der Waals surface area contributed by atoms with Crippen molar-refractivity contribution in [2.24, 2.45) is 0 Å². The Bertz CT molecular complexity index is 766. The number of amides is 1. The Balaban J connectivity index is 1.41. The highest BCUT2D eigenvalue weighted by Crippen LogP contribution is 2.27. The maximum Gasteiger partial charge on any atom is 0.278 e. The third kappa shape index (κ3) is 5.29. The molecule has 144 valence electrons. The summed E-state index contributed by atoms with van der Waals surface area (Å²) in [5.41, 5.74) is 0. The summed E-state index contributed by atoms with van der Waals surface area (Å²) in [6.07, 6.45) is 6.20. The van der Waals surface area contributed by atoms with Gasteiger partial charge in [0.1, 0.15) is 6.10 Å². The number of rotatable bonds is 7. The van der Waals surface area contributed by atoms with Gasteiger partial charge in [0.2, 0.25) is 0 Å². The van der Waals surface area contributed by atoms with Crippen LogP contribution in [0.3, 0.4) is 0 Å². The van der Waals surface area contributed by atoms with Crippen molar-refractivity contribution in [3.63, 3.8) is 0 Å². The van der Waals surface area contributed by atoms with Crippen LogP contribution in [-0.4, -0.2) is 41.7 Å². The van der Waals surface area contributed by atoms with E-state index in [1.807, 2.05) is 0 Å². The second-order valence-corrected chi connectivity index (χ2v) is 6.25. The van der Waals surface area contributed by atoms with Crippen molar-refractivity contribution in [3.8, 4) is 17.5 Å². The zero-order valence-electron chi connectivity index (χ0n) is 15.1. The molecule has 0 radical (unpaired) electrons. The number of carbonyl (C=O) groups excluding carboxylic acids is 1. The van der Waals surface area contributed by atoms with E-state index in [9.17, 15) is 9.18 Å². The quantitative estimate of drug-likeness (QED) is 0.801. The Morgan fingerprint density at radius 2 is 1.85 bits per heavy atom. The monoisotopic (exact) mass is 375 g/mol. The van der Waals surface area contributed by atoms with Crippen LogP contribution >= 0.6 is 0 Å². The third-order valence-corrected chi connectivity index (χ3v) is 4.34. The predicted molar refractivity (Wildman–Crippen MR) is 95.3 cm³/mol. The normalized spacial score (nSPS) is 19.2. The number of carbonyl (C=O) groups is 1. The van der Waals surface area contributed by atoms with Crippen LogP contribution in [0.2, 0.25) is 0 Å². The topological polar surface area (TPSA) is 82.6 Å². The van der Waals surface area contributed by atoms with Gasteiger partial charge in [-0.25, -0.2) is 14.4 Å². The van der Waals surface area contributed by atoms with Crippen molar-refractivity contribution < 1.29 is 23.4 Å². The number of ether oxygens (including phenoxy) is 3. The van der Waals surface area contributed by atoms with Gasteiger partial charge in [-0.3, -0.25) is 4.79 Å². The van der Waals surface area contributed by atoms with Crippen LogP contribution < -0.4 is 19.5 Å². The van der Waals surface area contributed by atoms with Crippen molar-refractivity contribution in [1.29, 1.82) is 0 Å². The average Bonchev–Trinajstić information content (AvgIpc) is 2.69. The second kappa shape index (κ2) is 9.16. The first-order valence-electron chi connectivity index (χ1n) is 8.84. The van der Waals surface area contributed by atoms with Gasteiger partial charge in [-0.05, 0) is 37.8 Å². The number of nitrogens with zero attached hydrogens (tertiary/aromatic N) is 2. The molecule has 0 atom stereocenters. The molecule has 1 fully saturated rings. The lowest BCUT2D eigenvalue weighted by Gasteiger charge is -2.29. The van der Waals surface area contributed by atoms with Crippen molar-refractivity contribution in [2.75, 3.05) is 13.7 Å². The zero-order valence-corrected chi connectivity index (χ0v) is 15.1. The van der Waals surface area contributed by atoms with Gasteiger partial charge in [0.15, 0.2) is 18.2 Å². The van der Waals surface area contributed by atoms with Crippen LogP contribution in [0.5, 0.6) is 17.5 Å². The number of hydrogen-bond donors (Lipinski definition) is 1. The summed E-state index contributed by atoms with van der Waals surface area (Å²) in [5.74, 6) is 0.0623. The molecular formula is C19H22FN3O4. The molecule has 0 saturated heterocycles. The lowest BCUT2D eigenvalue weighted by Crippen LogP contribution is -2.41. The van der Waals surface area contributed by atoms with Crippen molar-refractivity contribution in [3.05, 3.63) is 42.5 Å². The maximum absolute atomic E-state index is 13.5. The minimum Gasteiger partial charge on any atom is -0.481 e. The molecular weight excluding hydrogens is 353 g/mol. The smallest absolute Gasteiger partial charge is 0.278 e. The molecule has 0 aliphatic heterocycles. The summed E-state index contributed by atoms with van der Waals surface area (Å²) < 4.78 is 29.7. The highest BCUT2D eigenvalue weighted by atomic mass is 19.1. The molecule has 1 heterocycles. The van der Waals surface area contributed by atoms with E-state index in [0.717, 1.165) is 25.7 Å². The minimum atomic E-state index is -0.484. The molecule has 0 unspecified atom stereocenters. The number of hydrogen-bond acceptors (Lipinski definition) is 6. The molecule has 3 rings (SSSR count). The summed E-state index contributed by atoms with van der Waals surface area (Å²) in [5, 5.41) is 2.92. The second-order valence-electron chi connectivity index (χ2n) is 6.25. The third-order valence-electron chi connectivity index (χ3n) is 4.34. The first kappa shape index (κ1) is 18.9. The Morgan fingerprint density at radius 1 is 1.15 bits per heavy atom. The number of aromatic nitrogens is 2. The van der Waals surface area contributed by atoms with E-state index in [2.05, 4.69) is 15.3 Å². The number of para-hydroxylation sites is 1. The number of benzene rings is 1. The van der Waals surface area contributed by atoms with Gasteiger partial charge in [-0.15, -0.1) is 0 Å². The molecule has 1 aromatic carbocycles. The molecule has 8 heteroatoms. The molecule has 1 amide bonds. The van der Waals surface area contributed by atoms with Crippen LogP contribution in [0.1, 0.15) is 25.7 Å². The van der Waals surface area contributed by atoms with Gasteiger partial charge in [0, 0.05) is 18.4 Å². The molecule has 0 bridgehead atoms. The predicted octanol–water partition coefficient (Wildman–Crippen LogP) is 2.51. The molecule has 2 aromatic rings. The van der Waals surface area contributed by atoms with Crippen LogP contribution in [0.25, 0.3) is 0 Å². The molecule has 1 aliphatic carbocycles. The van der Waals surface area contributed by atoms with Crippen LogP contribution in [0, 0.1) is 5.82 Å². The van der Waals surface area contributed by atoms with E-state index in [1.54, 1.807) is 24.5 Å². The number of methoxy groups -OCH3 is 1. The van der Waals surface area contributed by atoms with Gasteiger partial charge in [0.05, 0.1) is 7.11 Å². The van der Waals surface area contributed by atoms with E-state index < -0.39 is 5.82 Å². The van der Waals surface area contributed by atoms with Gasteiger partial charge >= 0.3 is 0 Å². The Hall–Kier alpha value is -2.90. The van der Waals surface area contributed by atoms with Crippen molar-refractivity contribution in [2.45, 2.75) is 37.8 Å². The van der Waals surface area contributed by atoms with E-state index >= 15 is 0 Å². The Morgan fingerprint density at radius 3 is 2.56 bits per heavy atom. The average molecular weight is 375 g/mol. The molecule has 27 heavy (non-hydrogen) atoms. The maximum atomic E-state index is 13.5. The van der Waals surface area contributed by atoms with Gasteiger partial charge in [-0.1, -0.05) is 12.1 Å². The summed E-state index contributed by atoms with van der Waals surface area (Å²) in [7, 11) is 1.52. The lowest BCUT2D eigenvalue weighted by atomic mass is 9.93. The van der Waals surface area contributed by atoms with Gasteiger partial charge < -0.3 is 19.5 Å². The summed E-state index contributed by atoms with van der Waals surface area (Å²) >= 11 is 0. The molecule has 1 saturated carbocycles. The van der Waals surface area contributed by atoms with Gasteiger partial charge in [0.25, 0.3) is 17.7 Å². The van der Waals surface area contributed by atoms with E-state index in [1.165, 1.54) is 19.2 Å². The minimum absolute atomic E-state index is 0.00147. The zero-order chi connectivity index (χ0) is 19.1. The Labute approximate surface area is 156 Å². The Kier molecular flexibility index (Phi) is 6.40. The largest absolute Gasteiger partial charge is 0.481 e. The summed E-state index contributed by atoms with van der Waals surface area (Å²) in [6, 6.07) is 6.06. The van der Waals surface area contributed by atoms with E-state index in [0.29, 0.717) is 11.8 Å². The molecule has 1 N–H and O–H groups in total. The first-order valence-corrected chi connectivity index (χ1v) is 8.84. The fourth-order valence-electron chi connectivity index (χ4n) is 2.99. The number of nitrogens with one attached hydrogen (secondary N) is 1. The molecule has 0 spiro atoms. The summed E-state index contributed by atoms with van der Waals surface area (Å²) in [4.78, 5) is 20.2. The van der Waals surface area contributed by atoms with E-state index in [4.69, 9.17) is 14.2 Å². The van der Waals surface area contributed by atoms with E-state index in [-0.39, 0.29) is 30.4 Å². The molecule has 1 aliphatic rings. The van der Waals surface area contributed by atoms with Crippen LogP contribution in [0.15, 0.2) is 36.7 Å². The first-order chi connectivity index (χ1) is 13.2.